The summed E-state index contributed by atoms with van der Waals surface area (Å²) >= 11 is 4.06. The van der Waals surface area contributed by atoms with Gasteiger partial charge in [-0.2, -0.15) is 12.6 Å². The number of nitrogens with zero attached hydrogens (tertiary/aromatic N) is 1. The molecule has 10 N–H and O–H groups in total. The first kappa shape index (κ1) is 28.5. The zero-order valence-corrected chi connectivity index (χ0v) is 19.0. The zero-order valence-electron chi connectivity index (χ0n) is 18.1. The predicted octanol–water partition coefficient (Wildman–Crippen LogP) is -2.10. The van der Waals surface area contributed by atoms with E-state index in [1.54, 1.807) is 0 Å². The molecule has 0 bridgehead atoms. The van der Waals surface area contributed by atoms with Gasteiger partial charge in [-0.3, -0.25) is 19.4 Å². The van der Waals surface area contributed by atoms with Gasteiger partial charge in [-0.05, 0) is 32.1 Å². The number of hydrogen-bond donors (Lipinski definition) is 8. The minimum atomic E-state index is -1.16. The van der Waals surface area contributed by atoms with Crippen LogP contribution in [-0.2, 0) is 19.2 Å². The van der Waals surface area contributed by atoms with Gasteiger partial charge in [0.2, 0.25) is 17.7 Å². The summed E-state index contributed by atoms with van der Waals surface area (Å²) in [5, 5.41) is 16.5. The highest BCUT2D eigenvalue weighted by Gasteiger charge is 2.27. The lowest BCUT2D eigenvalue weighted by Gasteiger charge is -2.23. The van der Waals surface area contributed by atoms with Crippen LogP contribution in [0.4, 0.5) is 0 Å². The van der Waals surface area contributed by atoms with Crippen LogP contribution >= 0.6 is 12.6 Å². The number of nitrogens with one attached hydrogen (secondary N) is 3. The van der Waals surface area contributed by atoms with Crippen molar-refractivity contribution in [3.05, 3.63) is 0 Å². The molecule has 0 saturated carbocycles. The smallest absolute Gasteiger partial charge is 0.326 e. The predicted molar refractivity (Wildman–Crippen MR) is 120 cm³/mol. The number of hydrogen-bond acceptors (Lipinski definition) is 7. The molecule has 0 spiro atoms. The highest BCUT2D eigenvalue weighted by molar-refractivity contribution is 7.80. The highest BCUT2D eigenvalue weighted by Crippen LogP contribution is 2.05. The molecule has 13 heteroatoms. The number of carbonyl (C=O) groups excluding carboxylic acids is 3. The molecule has 0 rings (SSSR count). The Morgan fingerprint density at radius 2 is 1.55 bits per heavy atom. The van der Waals surface area contributed by atoms with E-state index in [9.17, 15) is 24.3 Å². The molecule has 3 amide bonds. The van der Waals surface area contributed by atoms with Crippen LogP contribution in [0.2, 0.25) is 0 Å². The topological polar surface area (TPSA) is 215 Å². The van der Waals surface area contributed by atoms with Crippen molar-refractivity contribution >= 4 is 42.3 Å². The first-order valence-corrected chi connectivity index (χ1v) is 10.6. The molecule has 4 atom stereocenters. The average Bonchev–Trinajstić information content (AvgIpc) is 2.67. The van der Waals surface area contributed by atoms with Gasteiger partial charge in [0.05, 0.1) is 6.04 Å². The number of carboxylic acids is 1. The maximum absolute atomic E-state index is 12.4. The van der Waals surface area contributed by atoms with Crippen LogP contribution in [0.15, 0.2) is 4.99 Å². The Labute approximate surface area is 187 Å². The second kappa shape index (κ2) is 14.5. The molecular weight excluding hydrogens is 426 g/mol. The first-order valence-electron chi connectivity index (χ1n) is 9.94. The van der Waals surface area contributed by atoms with Gasteiger partial charge >= 0.3 is 5.97 Å². The molecule has 0 aliphatic rings. The van der Waals surface area contributed by atoms with Crippen molar-refractivity contribution in [3.8, 4) is 0 Å². The van der Waals surface area contributed by atoms with Crippen molar-refractivity contribution in [1.29, 1.82) is 0 Å². The molecule has 0 aromatic carbocycles. The van der Waals surface area contributed by atoms with E-state index in [0.717, 1.165) is 0 Å². The van der Waals surface area contributed by atoms with Crippen molar-refractivity contribution in [2.45, 2.75) is 64.2 Å². The Morgan fingerprint density at radius 3 is 2.03 bits per heavy atom. The van der Waals surface area contributed by atoms with Crippen LogP contribution in [0, 0.1) is 5.92 Å². The number of carboxylic acid groups (broad SMARTS) is 1. The molecule has 0 aliphatic carbocycles. The van der Waals surface area contributed by atoms with E-state index in [4.69, 9.17) is 17.2 Å². The molecule has 0 radical (unpaired) electrons. The van der Waals surface area contributed by atoms with E-state index in [1.807, 2.05) is 13.8 Å². The fourth-order valence-electron chi connectivity index (χ4n) is 2.49. The Hall–Kier alpha value is -2.54. The van der Waals surface area contributed by atoms with E-state index < -0.39 is 47.9 Å². The minimum Gasteiger partial charge on any atom is -0.480 e. The molecule has 0 aromatic heterocycles. The molecule has 0 fully saturated rings. The Kier molecular flexibility index (Phi) is 13.3. The van der Waals surface area contributed by atoms with Crippen molar-refractivity contribution < 1.29 is 24.3 Å². The van der Waals surface area contributed by atoms with Crippen LogP contribution in [-0.4, -0.2) is 71.2 Å². The lowest BCUT2D eigenvalue weighted by Crippen LogP contribution is -2.57. The van der Waals surface area contributed by atoms with Gasteiger partial charge in [0.1, 0.15) is 18.1 Å². The van der Waals surface area contributed by atoms with Crippen LogP contribution in [0.3, 0.4) is 0 Å². The Balaban J connectivity index is 4.72. The number of rotatable bonds is 14. The van der Waals surface area contributed by atoms with Crippen LogP contribution in [0.25, 0.3) is 0 Å². The Morgan fingerprint density at radius 1 is 0.968 bits per heavy atom. The van der Waals surface area contributed by atoms with Crippen molar-refractivity contribution in [1.82, 2.24) is 16.0 Å². The van der Waals surface area contributed by atoms with Gasteiger partial charge in [0.15, 0.2) is 5.96 Å². The van der Waals surface area contributed by atoms with Crippen LogP contribution in [0.5, 0.6) is 0 Å². The number of amides is 3. The first-order chi connectivity index (χ1) is 14.4. The molecule has 0 aromatic rings. The fraction of sp³-hybridized carbons (Fsp3) is 0.722. The van der Waals surface area contributed by atoms with Gasteiger partial charge in [-0.1, -0.05) is 13.8 Å². The summed E-state index contributed by atoms with van der Waals surface area (Å²) in [4.78, 5) is 52.0. The monoisotopic (exact) mass is 461 g/mol. The summed E-state index contributed by atoms with van der Waals surface area (Å²) in [6.45, 7) is 5.40. The summed E-state index contributed by atoms with van der Waals surface area (Å²) in [6, 6.07) is -3.99. The number of carbonyl (C=O) groups is 4. The van der Waals surface area contributed by atoms with Crippen molar-refractivity contribution in [2.24, 2.45) is 28.1 Å². The third-order valence-corrected chi connectivity index (χ3v) is 4.56. The number of nitrogens with two attached hydrogens (primary N) is 3. The number of guanidine groups is 1. The van der Waals surface area contributed by atoms with Gasteiger partial charge in [-0.25, -0.2) is 4.79 Å². The molecular formula is C18H35N7O5S. The third-order valence-electron chi connectivity index (χ3n) is 4.19. The number of aliphatic imine (C=N–C) groups is 1. The summed E-state index contributed by atoms with van der Waals surface area (Å²) in [5.41, 5.74) is 16.2. The highest BCUT2D eigenvalue weighted by atomic mass is 32.1. The molecule has 0 aliphatic heterocycles. The maximum atomic E-state index is 12.4. The van der Waals surface area contributed by atoms with Gasteiger partial charge < -0.3 is 38.3 Å². The number of aliphatic carboxylic acids is 1. The maximum Gasteiger partial charge on any atom is 0.326 e. The zero-order chi connectivity index (χ0) is 24.1. The SMILES string of the molecule is CC(C)CC(NC(=O)C(C)NC(=O)C(CS)NC(=O)C(N)CCCN=C(N)N)C(=O)O. The quantitative estimate of drug-likeness (QED) is 0.0619. The van der Waals surface area contributed by atoms with E-state index in [2.05, 4.69) is 33.6 Å². The molecule has 12 nitrogen and oxygen atoms in total. The van der Waals surface area contributed by atoms with Gasteiger partial charge in [0.25, 0.3) is 0 Å². The summed E-state index contributed by atoms with van der Waals surface area (Å²) in [6.07, 6.45) is 1.02. The summed E-state index contributed by atoms with van der Waals surface area (Å²) in [5.74, 6) is -3.04. The average molecular weight is 462 g/mol. The normalized spacial score (nSPS) is 14.6. The second-order valence-corrected chi connectivity index (χ2v) is 7.92. The van der Waals surface area contributed by atoms with E-state index in [-0.39, 0.29) is 24.1 Å². The molecule has 178 valence electrons. The number of thiol groups is 1. The molecule has 4 unspecified atom stereocenters. The van der Waals surface area contributed by atoms with Gasteiger partial charge in [-0.15, -0.1) is 0 Å². The third kappa shape index (κ3) is 12.0. The van der Waals surface area contributed by atoms with Crippen molar-refractivity contribution in [2.75, 3.05) is 12.3 Å². The van der Waals surface area contributed by atoms with E-state index in [0.29, 0.717) is 19.4 Å². The van der Waals surface area contributed by atoms with Crippen LogP contribution < -0.4 is 33.2 Å². The minimum absolute atomic E-state index is 0.0300. The lowest BCUT2D eigenvalue weighted by atomic mass is 10.0. The van der Waals surface area contributed by atoms with Gasteiger partial charge in [0, 0.05) is 12.3 Å². The van der Waals surface area contributed by atoms with E-state index >= 15 is 0 Å². The van der Waals surface area contributed by atoms with Crippen LogP contribution in [0.1, 0.15) is 40.0 Å². The summed E-state index contributed by atoms with van der Waals surface area (Å²) < 4.78 is 0. The fourth-order valence-corrected chi connectivity index (χ4v) is 2.75. The lowest BCUT2D eigenvalue weighted by molar-refractivity contribution is -0.142. The van der Waals surface area contributed by atoms with Crippen molar-refractivity contribution in [3.63, 3.8) is 0 Å². The largest absolute Gasteiger partial charge is 0.480 e. The summed E-state index contributed by atoms with van der Waals surface area (Å²) in [7, 11) is 0. The molecule has 0 heterocycles. The molecule has 0 saturated heterocycles. The molecule has 31 heavy (non-hydrogen) atoms. The van der Waals surface area contributed by atoms with E-state index in [1.165, 1.54) is 6.92 Å². The standard InChI is InChI=1S/C18H35N7O5S/c1-9(2)7-12(17(29)30)24-14(26)10(3)23-16(28)13(8-31)25-15(27)11(19)5-4-6-22-18(20)21/h9-13,31H,4-8,19H2,1-3H3,(H,23,28)(H,24,26)(H,25,27)(H,29,30)(H4,20,21,22). The Bertz CT molecular complexity index is 655. The second-order valence-electron chi connectivity index (χ2n) is 7.56.